The molecule has 1 aliphatic carbocycles. The summed E-state index contributed by atoms with van der Waals surface area (Å²) in [6.07, 6.45) is 7.87. The highest BCUT2D eigenvalue weighted by Gasteiger charge is 2.23. The molecule has 1 aromatic rings. The summed E-state index contributed by atoms with van der Waals surface area (Å²) in [6, 6.07) is 2.05. The average molecular weight is 334 g/mol. The molecule has 0 bridgehead atoms. The van der Waals surface area contributed by atoms with E-state index < -0.39 is 11.8 Å². The first kappa shape index (κ1) is 17.7. The molecule has 0 spiro atoms. The van der Waals surface area contributed by atoms with Gasteiger partial charge in [-0.15, -0.1) is 0 Å². The minimum Gasteiger partial charge on any atom is -0.348 e. The largest absolute Gasteiger partial charge is 0.348 e. The van der Waals surface area contributed by atoms with Crippen molar-refractivity contribution in [2.45, 2.75) is 51.4 Å². The molecule has 0 radical (unpaired) electrons. The average Bonchev–Trinajstić information content (AvgIpc) is 3.09. The van der Waals surface area contributed by atoms with Crippen LogP contribution in [0.5, 0.6) is 0 Å². The number of thiophene rings is 1. The first-order valence-corrected chi connectivity index (χ1v) is 9.20. The van der Waals surface area contributed by atoms with Gasteiger partial charge in [0.25, 0.3) is 0 Å². The van der Waals surface area contributed by atoms with E-state index >= 15 is 0 Å². The Balaban J connectivity index is 1.70. The lowest BCUT2D eigenvalue weighted by Crippen LogP contribution is -2.44. The number of rotatable bonds is 6. The fourth-order valence-electron chi connectivity index (χ4n) is 2.68. The quantitative estimate of drug-likeness (QED) is 0.620. The molecule has 5 heteroatoms. The number of hydrogen-bond acceptors (Lipinski definition) is 3. The molecule has 2 amide bonds. The van der Waals surface area contributed by atoms with Crippen LogP contribution in [0, 0.1) is 0 Å². The van der Waals surface area contributed by atoms with Gasteiger partial charge in [-0.1, -0.05) is 25.5 Å². The summed E-state index contributed by atoms with van der Waals surface area (Å²) >= 11 is 1.63. The van der Waals surface area contributed by atoms with E-state index in [9.17, 15) is 9.59 Å². The van der Waals surface area contributed by atoms with E-state index in [1.807, 2.05) is 5.38 Å². The molecule has 0 saturated heterocycles. The lowest BCUT2D eigenvalue weighted by Gasteiger charge is -2.24. The SMILES string of the molecule is CC(C)(CNC(=O)C(=O)NCCC1=CCCCC1)c1ccsc1. The maximum absolute atomic E-state index is 11.9. The number of allylic oxidation sites excluding steroid dienone is 1. The van der Waals surface area contributed by atoms with Gasteiger partial charge < -0.3 is 10.6 Å². The molecule has 2 N–H and O–H groups in total. The van der Waals surface area contributed by atoms with E-state index in [1.54, 1.807) is 11.3 Å². The Morgan fingerprint density at radius 3 is 2.65 bits per heavy atom. The molecule has 0 atom stereocenters. The molecule has 4 nitrogen and oxygen atoms in total. The lowest BCUT2D eigenvalue weighted by atomic mass is 9.86. The molecule has 0 saturated carbocycles. The van der Waals surface area contributed by atoms with Gasteiger partial charge in [0.15, 0.2) is 0 Å². The van der Waals surface area contributed by atoms with Crippen LogP contribution in [0.4, 0.5) is 0 Å². The summed E-state index contributed by atoms with van der Waals surface area (Å²) in [4.78, 5) is 23.8. The van der Waals surface area contributed by atoms with Crippen LogP contribution in [0.25, 0.3) is 0 Å². The highest BCUT2D eigenvalue weighted by Crippen LogP contribution is 2.24. The second-order valence-corrected chi connectivity index (χ2v) is 7.47. The van der Waals surface area contributed by atoms with Gasteiger partial charge in [0.2, 0.25) is 0 Å². The van der Waals surface area contributed by atoms with Crippen molar-refractivity contribution in [3.63, 3.8) is 0 Å². The van der Waals surface area contributed by atoms with Crippen molar-refractivity contribution < 1.29 is 9.59 Å². The van der Waals surface area contributed by atoms with Crippen molar-refractivity contribution in [2.75, 3.05) is 13.1 Å². The summed E-state index contributed by atoms with van der Waals surface area (Å²) in [7, 11) is 0. The molecule has 0 unspecified atom stereocenters. The van der Waals surface area contributed by atoms with Crippen LogP contribution in [0.1, 0.15) is 51.5 Å². The molecule has 2 rings (SSSR count). The minimum atomic E-state index is -0.550. The van der Waals surface area contributed by atoms with Gasteiger partial charge in [-0.05, 0) is 54.5 Å². The van der Waals surface area contributed by atoms with E-state index in [2.05, 4.69) is 42.0 Å². The molecule has 1 aliphatic rings. The summed E-state index contributed by atoms with van der Waals surface area (Å²) < 4.78 is 0. The Hall–Kier alpha value is -1.62. The zero-order valence-electron chi connectivity index (χ0n) is 14.0. The predicted molar refractivity (Wildman–Crippen MR) is 94.5 cm³/mol. The van der Waals surface area contributed by atoms with Crippen LogP contribution in [-0.2, 0) is 15.0 Å². The van der Waals surface area contributed by atoms with Crippen LogP contribution < -0.4 is 10.6 Å². The van der Waals surface area contributed by atoms with Crippen molar-refractivity contribution in [3.05, 3.63) is 34.0 Å². The summed E-state index contributed by atoms with van der Waals surface area (Å²) in [5, 5.41) is 9.54. The fourth-order valence-corrected chi connectivity index (χ4v) is 3.53. The standard InChI is InChI=1S/C18H26N2O2S/c1-18(2,15-9-11-23-12-15)13-20-17(22)16(21)19-10-8-14-6-4-3-5-7-14/h6,9,11-12H,3-5,7-8,10,13H2,1-2H3,(H,19,21)(H,20,22). The minimum absolute atomic E-state index is 0.178. The van der Waals surface area contributed by atoms with Crippen molar-refractivity contribution in [3.8, 4) is 0 Å². The first-order chi connectivity index (χ1) is 11.0. The van der Waals surface area contributed by atoms with Gasteiger partial charge in [0.05, 0.1) is 0 Å². The van der Waals surface area contributed by atoms with E-state index in [0.29, 0.717) is 13.1 Å². The number of carbonyl (C=O) groups excluding carboxylic acids is 2. The molecule has 0 aromatic carbocycles. The summed E-state index contributed by atoms with van der Waals surface area (Å²) in [5.74, 6) is -1.09. The van der Waals surface area contributed by atoms with Gasteiger partial charge in [0.1, 0.15) is 0 Å². The van der Waals surface area contributed by atoms with Gasteiger partial charge in [-0.2, -0.15) is 11.3 Å². The zero-order valence-corrected chi connectivity index (χ0v) is 14.8. The van der Waals surface area contributed by atoms with Crippen LogP contribution in [-0.4, -0.2) is 24.9 Å². The lowest BCUT2D eigenvalue weighted by molar-refractivity contribution is -0.139. The van der Waals surface area contributed by atoms with E-state index in [0.717, 1.165) is 19.3 Å². The maximum Gasteiger partial charge on any atom is 0.309 e. The van der Waals surface area contributed by atoms with Gasteiger partial charge in [0, 0.05) is 18.5 Å². The van der Waals surface area contributed by atoms with Gasteiger partial charge in [-0.25, -0.2) is 0 Å². The highest BCUT2D eigenvalue weighted by molar-refractivity contribution is 7.08. The van der Waals surface area contributed by atoms with Gasteiger partial charge >= 0.3 is 11.8 Å². The van der Waals surface area contributed by atoms with Gasteiger partial charge in [-0.3, -0.25) is 9.59 Å². The molecule has 23 heavy (non-hydrogen) atoms. The Bertz CT molecular complexity index is 562. The van der Waals surface area contributed by atoms with Crippen molar-refractivity contribution >= 4 is 23.2 Å². The highest BCUT2D eigenvalue weighted by atomic mass is 32.1. The zero-order chi connectivity index (χ0) is 16.7. The van der Waals surface area contributed by atoms with E-state index in [-0.39, 0.29) is 5.41 Å². The van der Waals surface area contributed by atoms with E-state index in [1.165, 1.54) is 24.0 Å². The fraction of sp³-hybridized carbons (Fsp3) is 0.556. The van der Waals surface area contributed by atoms with Crippen LogP contribution >= 0.6 is 11.3 Å². The third-order valence-corrected chi connectivity index (χ3v) is 5.00. The molecule has 0 fully saturated rings. The Kier molecular flexibility index (Phi) is 6.39. The van der Waals surface area contributed by atoms with Crippen LogP contribution in [0.2, 0.25) is 0 Å². The number of carbonyl (C=O) groups is 2. The number of hydrogen-bond donors (Lipinski definition) is 2. The second-order valence-electron chi connectivity index (χ2n) is 6.69. The Morgan fingerprint density at radius 2 is 2.00 bits per heavy atom. The smallest absolute Gasteiger partial charge is 0.309 e. The van der Waals surface area contributed by atoms with Crippen molar-refractivity contribution in [1.82, 2.24) is 10.6 Å². The van der Waals surface area contributed by atoms with Crippen LogP contribution in [0.15, 0.2) is 28.5 Å². The van der Waals surface area contributed by atoms with E-state index in [4.69, 9.17) is 0 Å². The summed E-state index contributed by atoms with van der Waals surface area (Å²) in [6.45, 7) is 5.10. The Morgan fingerprint density at radius 1 is 1.22 bits per heavy atom. The topological polar surface area (TPSA) is 58.2 Å². The Labute approximate surface area is 142 Å². The molecule has 0 aliphatic heterocycles. The normalized spacial score (nSPS) is 15.0. The molecule has 126 valence electrons. The third-order valence-electron chi connectivity index (χ3n) is 4.32. The summed E-state index contributed by atoms with van der Waals surface area (Å²) in [5.41, 5.74) is 2.39. The van der Waals surface area contributed by atoms with Crippen molar-refractivity contribution in [2.24, 2.45) is 0 Å². The third kappa shape index (κ3) is 5.50. The number of nitrogens with one attached hydrogen (secondary N) is 2. The predicted octanol–water partition coefficient (Wildman–Crippen LogP) is 3.15. The monoisotopic (exact) mass is 334 g/mol. The van der Waals surface area contributed by atoms with Crippen LogP contribution in [0.3, 0.4) is 0 Å². The first-order valence-electron chi connectivity index (χ1n) is 8.26. The maximum atomic E-state index is 11.9. The molecular weight excluding hydrogens is 308 g/mol. The second kappa shape index (κ2) is 8.29. The molecule has 1 heterocycles. The molecule has 1 aromatic heterocycles. The molecular formula is C18H26N2O2S. The van der Waals surface area contributed by atoms with Crippen molar-refractivity contribution in [1.29, 1.82) is 0 Å². The number of amides is 2.